The molecule has 2 aromatic heterocycles. The van der Waals surface area contributed by atoms with E-state index in [2.05, 4.69) is 10.3 Å². The molecule has 3 aromatic rings. The first kappa shape index (κ1) is 19.5. The largest absolute Gasteiger partial charge is 0.361 e. The lowest BCUT2D eigenvalue weighted by Gasteiger charge is -2.12. The topological polar surface area (TPSA) is 82.3 Å². The molecule has 0 spiro atoms. The van der Waals surface area contributed by atoms with Crippen molar-refractivity contribution in [2.45, 2.75) is 12.8 Å². The molecule has 1 aliphatic rings. The summed E-state index contributed by atoms with van der Waals surface area (Å²) in [6.45, 7) is 0.590. The number of amides is 3. The standard InChI is InChI=1S/C21H19N3O3S2/c25-19(22-9-7-14-13-23-17-6-2-1-5-16(14)17)8-10-24-20(26)18(29-21(24)27)12-15-4-3-11-28-15/h1-6,11-13,23H,7-10H2,(H,22,25)/b18-12+. The van der Waals surface area contributed by atoms with Gasteiger partial charge in [0.25, 0.3) is 11.1 Å². The molecule has 0 atom stereocenters. The summed E-state index contributed by atoms with van der Waals surface area (Å²) in [5, 5.41) is 5.60. The van der Waals surface area contributed by atoms with Gasteiger partial charge in [0.05, 0.1) is 4.91 Å². The fourth-order valence-electron chi connectivity index (χ4n) is 3.17. The highest BCUT2D eigenvalue weighted by molar-refractivity contribution is 8.18. The van der Waals surface area contributed by atoms with E-state index >= 15 is 0 Å². The Labute approximate surface area is 176 Å². The maximum absolute atomic E-state index is 12.4. The molecule has 3 heterocycles. The number of benzene rings is 1. The number of thiophene rings is 1. The van der Waals surface area contributed by atoms with Crippen LogP contribution in [0.25, 0.3) is 17.0 Å². The molecule has 1 aliphatic heterocycles. The van der Waals surface area contributed by atoms with Crippen LogP contribution in [0.3, 0.4) is 0 Å². The molecule has 1 aromatic carbocycles. The molecule has 4 rings (SSSR count). The van der Waals surface area contributed by atoms with Crippen LogP contribution in [0.5, 0.6) is 0 Å². The number of carbonyl (C=O) groups is 3. The molecule has 0 unspecified atom stereocenters. The minimum Gasteiger partial charge on any atom is -0.361 e. The Hall–Kier alpha value is -2.84. The quantitative estimate of drug-likeness (QED) is 0.560. The van der Waals surface area contributed by atoms with Crippen molar-refractivity contribution < 1.29 is 14.4 Å². The Kier molecular flexibility index (Phi) is 5.82. The zero-order valence-electron chi connectivity index (χ0n) is 15.5. The number of H-pyrrole nitrogens is 1. The first-order chi connectivity index (χ1) is 14.1. The molecule has 1 saturated heterocycles. The van der Waals surface area contributed by atoms with Crippen molar-refractivity contribution in [3.8, 4) is 0 Å². The smallest absolute Gasteiger partial charge is 0.293 e. The molecular weight excluding hydrogens is 406 g/mol. The minimum absolute atomic E-state index is 0.0887. The Bertz CT molecular complexity index is 1090. The first-order valence-electron chi connectivity index (χ1n) is 9.22. The Morgan fingerprint density at radius 1 is 1.17 bits per heavy atom. The van der Waals surface area contributed by atoms with Crippen LogP contribution < -0.4 is 5.32 Å². The lowest BCUT2D eigenvalue weighted by Crippen LogP contribution is -2.34. The molecule has 29 heavy (non-hydrogen) atoms. The monoisotopic (exact) mass is 425 g/mol. The summed E-state index contributed by atoms with van der Waals surface area (Å²) in [6.07, 6.45) is 4.48. The molecule has 3 amide bonds. The second kappa shape index (κ2) is 8.67. The number of aromatic nitrogens is 1. The van der Waals surface area contributed by atoms with E-state index in [1.54, 1.807) is 6.08 Å². The fraction of sp³-hybridized carbons (Fsp3) is 0.190. The maximum Gasteiger partial charge on any atom is 0.293 e. The van der Waals surface area contributed by atoms with Gasteiger partial charge in [-0.2, -0.15) is 0 Å². The molecule has 0 aliphatic carbocycles. The van der Waals surface area contributed by atoms with Crippen molar-refractivity contribution in [2.75, 3.05) is 13.1 Å². The summed E-state index contributed by atoms with van der Waals surface area (Å²) in [4.78, 5) is 42.4. The molecular formula is C21H19N3O3S2. The van der Waals surface area contributed by atoms with Crippen molar-refractivity contribution in [1.82, 2.24) is 15.2 Å². The number of nitrogens with one attached hydrogen (secondary N) is 2. The van der Waals surface area contributed by atoms with Gasteiger partial charge in [0.2, 0.25) is 5.91 Å². The highest BCUT2D eigenvalue weighted by Crippen LogP contribution is 2.32. The normalized spacial score (nSPS) is 15.6. The van der Waals surface area contributed by atoms with Crippen LogP contribution in [-0.4, -0.2) is 40.0 Å². The van der Waals surface area contributed by atoms with Gasteiger partial charge in [0.15, 0.2) is 0 Å². The van der Waals surface area contributed by atoms with E-state index in [9.17, 15) is 14.4 Å². The number of thioether (sulfide) groups is 1. The fourth-order valence-corrected chi connectivity index (χ4v) is 4.76. The minimum atomic E-state index is -0.333. The van der Waals surface area contributed by atoms with Crippen molar-refractivity contribution in [2.24, 2.45) is 0 Å². The van der Waals surface area contributed by atoms with Gasteiger partial charge in [-0.1, -0.05) is 24.3 Å². The third kappa shape index (κ3) is 4.44. The second-order valence-corrected chi connectivity index (χ2v) is 8.53. The number of hydrogen-bond acceptors (Lipinski definition) is 5. The Morgan fingerprint density at radius 3 is 2.86 bits per heavy atom. The average Bonchev–Trinajstić information content (AvgIpc) is 3.43. The molecule has 0 saturated carbocycles. The zero-order chi connectivity index (χ0) is 20.2. The number of nitrogens with zero attached hydrogens (tertiary/aromatic N) is 1. The number of imide groups is 1. The summed E-state index contributed by atoms with van der Waals surface area (Å²) in [6, 6.07) is 11.8. The van der Waals surface area contributed by atoms with E-state index < -0.39 is 0 Å². The van der Waals surface area contributed by atoms with Crippen molar-refractivity contribution in [3.05, 3.63) is 63.3 Å². The predicted molar refractivity (Wildman–Crippen MR) is 117 cm³/mol. The predicted octanol–water partition coefficient (Wildman–Crippen LogP) is 4.01. The van der Waals surface area contributed by atoms with E-state index in [-0.39, 0.29) is 30.0 Å². The number of rotatable bonds is 7. The van der Waals surface area contributed by atoms with Gasteiger partial charge < -0.3 is 10.3 Å². The van der Waals surface area contributed by atoms with Crippen LogP contribution in [0.4, 0.5) is 4.79 Å². The summed E-state index contributed by atoms with van der Waals surface area (Å²) < 4.78 is 0. The molecule has 0 radical (unpaired) electrons. The van der Waals surface area contributed by atoms with Crippen molar-refractivity contribution in [1.29, 1.82) is 0 Å². The number of para-hydroxylation sites is 1. The highest BCUT2D eigenvalue weighted by atomic mass is 32.2. The average molecular weight is 426 g/mol. The third-order valence-corrected chi connectivity index (χ3v) is 6.37. The summed E-state index contributed by atoms with van der Waals surface area (Å²) in [5.41, 5.74) is 2.22. The molecule has 148 valence electrons. The second-order valence-electron chi connectivity index (χ2n) is 6.56. The van der Waals surface area contributed by atoms with Crippen LogP contribution in [0.1, 0.15) is 16.9 Å². The maximum atomic E-state index is 12.4. The number of hydrogen-bond donors (Lipinski definition) is 2. The van der Waals surface area contributed by atoms with Crippen molar-refractivity contribution >= 4 is 57.1 Å². The molecule has 0 bridgehead atoms. The van der Waals surface area contributed by atoms with E-state index in [0.29, 0.717) is 17.9 Å². The van der Waals surface area contributed by atoms with E-state index in [1.165, 1.54) is 11.3 Å². The lowest BCUT2D eigenvalue weighted by atomic mass is 10.1. The lowest BCUT2D eigenvalue weighted by molar-refractivity contribution is -0.124. The van der Waals surface area contributed by atoms with Crippen LogP contribution in [0, 0.1) is 0 Å². The highest BCUT2D eigenvalue weighted by Gasteiger charge is 2.35. The molecule has 6 nitrogen and oxygen atoms in total. The van der Waals surface area contributed by atoms with Crippen LogP contribution >= 0.6 is 23.1 Å². The van der Waals surface area contributed by atoms with Gasteiger partial charge >= 0.3 is 0 Å². The zero-order valence-corrected chi connectivity index (χ0v) is 17.1. The molecule has 2 N–H and O–H groups in total. The van der Waals surface area contributed by atoms with Crippen molar-refractivity contribution in [3.63, 3.8) is 0 Å². The number of aromatic amines is 1. The van der Waals surface area contributed by atoms with E-state index in [0.717, 1.165) is 38.0 Å². The summed E-state index contributed by atoms with van der Waals surface area (Å²) in [5.74, 6) is -0.508. The molecule has 8 heteroatoms. The van der Waals surface area contributed by atoms with Gasteiger partial charge in [0.1, 0.15) is 0 Å². The Balaban J connectivity index is 1.26. The van der Waals surface area contributed by atoms with Gasteiger partial charge in [-0.25, -0.2) is 0 Å². The number of fused-ring (bicyclic) bond motifs is 1. The Morgan fingerprint density at radius 2 is 2.03 bits per heavy atom. The summed E-state index contributed by atoms with van der Waals surface area (Å²) >= 11 is 2.42. The van der Waals surface area contributed by atoms with Gasteiger partial charge in [-0.3, -0.25) is 19.3 Å². The van der Waals surface area contributed by atoms with Gasteiger partial charge in [-0.15, -0.1) is 11.3 Å². The SMILES string of the molecule is O=C(CCN1C(=O)S/C(=C/c2cccs2)C1=O)NCCc1c[nH]c2ccccc12. The van der Waals surface area contributed by atoms with E-state index in [1.807, 2.05) is 48.0 Å². The van der Waals surface area contributed by atoms with Crippen LogP contribution in [0.2, 0.25) is 0 Å². The first-order valence-corrected chi connectivity index (χ1v) is 10.9. The van der Waals surface area contributed by atoms with Gasteiger partial charge in [0, 0.05) is 41.5 Å². The van der Waals surface area contributed by atoms with Crippen LogP contribution in [0.15, 0.2) is 52.9 Å². The molecule has 1 fully saturated rings. The van der Waals surface area contributed by atoms with E-state index in [4.69, 9.17) is 0 Å². The van der Waals surface area contributed by atoms with Crippen LogP contribution in [-0.2, 0) is 16.0 Å². The summed E-state index contributed by atoms with van der Waals surface area (Å²) in [7, 11) is 0. The number of carbonyl (C=O) groups excluding carboxylic acids is 3. The van der Waals surface area contributed by atoms with Gasteiger partial charge in [-0.05, 0) is 47.3 Å². The third-order valence-electron chi connectivity index (χ3n) is 4.64.